The maximum Gasteiger partial charge on any atom is 0.243 e. The number of nitrogens with one attached hydrogen (secondary N) is 1. The van der Waals surface area contributed by atoms with Crippen LogP contribution in [-0.4, -0.2) is 40.4 Å². The summed E-state index contributed by atoms with van der Waals surface area (Å²) >= 11 is 3.09. The second-order valence-electron chi connectivity index (χ2n) is 4.59. The molecule has 0 aliphatic carbocycles. The number of aromatic nitrogens is 2. The molecule has 1 N–H and O–H groups in total. The van der Waals surface area contributed by atoms with Crippen LogP contribution in [0.4, 0.5) is 5.13 Å². The Morgan fingerprint density at radius 1 is 1.45 bits per heavy atom. The number of aryl methyl sites for hydroxylation is 1. The summed E-state index contributed by atoms with van der Waals surface area (Å²) in [5, 5.41) is 5.31. The van der Waals surface area contributed by atoms with Crippen LogP contribution >= 0.6 is 22.7 Å². The first-order valence-corrected chi connectivity index (χ1v) is 8.13. The minimum Gasteiger partial charge on any atom is -0.301 e. The number of anilines is 1. The van der Waals surface area contributed by atoms with Gasteiger partial charge in [-0.1, -0.05) is 0 Å². The smallest absolute Gasteiger partial charge is 0.243 e. The van der Waals surface area contributed by atoms with Gasteiger partial charge in [-0.15, -0.1) is 22.7 Å². The summed E-state index contributed by atoms with van der Waals surface area (Å²) in [6.07, 6.45) is 2.60. The van der Waals surface area contributed by atoms with Gasteiger partial charge >= 0.3 is 0 Å². The van der Waals surface area contributed by atoms with Gasteiger partial charge in [-0.25, -0.2) is 9.97 Å². The number of rotatable bonds is 6. The van der Waals surface area contributed by atoms with Crippen molar-refractivity contribution in [3.63, 3.8) is 0 Å². The van der Waals surface area contributed by atoms with E-state index in [0.29, 0.717) is 5.13 Å². The van der Waals surface area contributed by atoms with Crippen LogP contribution in [0.5, 0.6) is 0 Å². The summed E-state index contributed by atoms with van der Waals surface area (Å²) in [5.41, 5.74) is 2.95. The lowest BCUT2D eigenvalue weighted by Gasteiger charge is -2.23. The minimum absolute atomic E-state index is 0.0246. The molecule has 0 fully saturated rings. The highest BCUT2D eigenvalue weighted by Crippen LogP contribution is 2.14. The number of carbonyl (C=O) groups excluding carboxylic acids is 1. The average molecular weight is 310 g/mol. The SMILES string of the molecule is Cc1ncsc1CCN(C)C(C)C(=O)Nc1nccs1. The van der Waals surface area contributed by atoms with E-state index in [1.165, 1.54) is 16.2 Å². The first-order chi connectivity index (χ1) is 9.58. The molecular weight excluding hydrogens is 292 g/mol. The lowest BCUT2D eigenvalue weighted by atomic mass is 10.2. The second kappa shape index (κ2) is 6.92. The number of thiazole rings is 2. The monoisotopic (exact) mass is 310 g/mol. The molecule has 0 radical (unpaired) electrons. The van der Waals surface area contributed by atoms with Gasteiger partial charge in [0.15, 0.2) is 5.13 Å². The molecule has 1 atom stereocenters. The molecule has 1 amide bonds. The highest BCUT2D eigenvalue weighted by molar-refractivity contribution is 7.13. The largest absolute Gasteiger partial charge is 0.301 e. The van der Waals surface area contributed by atoms with Gasteiger partial charge in [-0.05, 0) is 27.3 Å². The molecular formula is C13H18N4OS2. The van der Waals surface area contributed by atoms with E-state index in [9.17, 15) is 4.79 Å². The van der Waals surface area contributed by atoms with Crippen LogP contribution in [0.3, 0.4) is 0 Å². The zero-order valence-electron chi connectivity index (χ0n) is 11.8. The number of hydrogen-bond donors (Lipinski definition) is 1. The van der Waals surface area contributed by atoms with E-state index >= 15 is 0 Å². The molecule has 1 unspecified atom stereocenters. The number of likely N-dealkylation sites (N-methyl/N-ethyl adjacent to an activating group) is 1. The van der Waals surface area contributed by atoms with Gasteiger partial charge in [0.2, 0.25) is 5.91 Å². The second-order valence-corrected chi connectivity index (χ2v) is 6.43. The molecule has 108 valence electrons. The summed E-state index contributed by atoms with van der Waals surface area (Å²) in [4.78, 5) is 23.7. The predicted molar refractivity (Wildman–Crippen MR) is 83.4 cm³/mol. The Labute approximate surface area is 126 Å². The van der Waals surface area contributed by atoms with Gasteiger partial charge in [0.25, 0.3) is 0 Å². The molecule has 0 saturated heterocycles. The van der Waals surface area contributed by atoms with Crippen LogP contribution in [0.25, 0.3) is 0 Å². The van der Waals surface area contributed by atoms with Crippen LogP contribution < -0.4 is 5.32 Å². The van der Waals surface area contributed by atoms with Crippen molar-refractivity contribution < 1.29 is 4.79 Å². The van der Waals surface area contributed by atoms with Crippen molar-refractivity contribution in [1.82, 2.24) is 14.9 Å². The normalized spacial score (nSPS) is 12.6. The van der Waals surface area contributed by atoms with Crippen LogP contribution in [-0.2, 0) is 11.2 Å². The van der Waals surface area contributed by atoms with Crippen molar-refractivity contribution in [3.05, 3.63) is 27.7 Å². The number of amides is 1. The Morgan fingerprint density at radius 3 is 2.85 bits per heavy atom. The van der Waals surface area contributed by atoms with Crippen molar-refractivity contribution in [2.45, 2.75) is 26.3 Å². The number of hydrogen-bond acceptors (Lipinski definition) is 6. The fourth-order valence-electron chi connectivity index (χ4n) is 1.73. The van der Waals surface area contributed by atoms with Crippen molar-refractivity contribution in [2.24, 2.45) is 0 Å². The number of nitrogens with zero attached hydrogens (tertiary/aromatic N) is 3. The van der Waals surface area contributed by atoms with Crippen LogP contribution in [0.1, 0.15) is 17.5 Å². The topological polar surface area (TPSA) is 58.1 Å². The van der Waals surface area contributed by atoms with E-state index < -0.39 is 0 Å². The van der Waals surface area contributed by atoms with Gasteiger partial charge in [0.05, 0.1) is 17.2 Å². The van der Waals surface area contributed by atoms with E-state index in [4.69, 9.17) is 0 Å². The summed E-state index contributed by atoms with van der Waals surface area (Å²) in [5.74, 6) is -0.0246. The van der Waals surface area contributed by atoms with E-state index in [2.05, 4.69) is 15.3 Å². The first-order valence-electron chi connectivity index (χ1n) is 6.37. The molecule has 0 spiro atoms. The van der Waals surface area contributed by atoms with E-state index in [1.54, 1.807) is 17.5 Å². The molecule has 0 aliphatic rings. The Balaban J connectivity index is 1.83. The Morgan fingerprint density at radius 2 is 2.25 bits per heavy atom. The molecule has 2 aromatic rings. The minimum atomic E-state index is -0.188. The fourth-order valence-corrected chi connectivity index (χ4v) is 3.04. The van der Waals surface area contributed by atoms with Crippen molar-refractivity contribution >= 4 is 33.7 Å². The third kappa shape index (κ3) is 3.84. The van der Waals surface area contributed by atoms with Crippen molar-refractivity contribution in [1.29, 1.82) is 0 Å². The predicted octanol–water partition coefficient (Wildman–Crippen LogP) is 2.41. The van der Waals surface area contributed by atoms with Crippen LogP contribution in [0, 0.1) is 6.92 Å². The third-order valence-electron chi connectivity index (χ3n) is 3.24. The Hall–Kier alpha value is -1.31. The summed E-state index contributed by atoms with van der Waals surface area (Å²) in [7, 11) is 1.96. The maximum absolute atomic E-state index is 12.1. The maximum atomic E-state index is 12.1. The molecule has 2 rings (SSSR count). The molecule has 2 aromatic heterocycles. The fraction of sp³-hybridized carbons (Fsp3) is 0.462. The Kier molecular flexibility index (Phi) is 5.22. The molecule has 20 heavy (non-hydrogen) atoms. The molecule has 0 aliphatic heterocycles. The molecule has 5 nitrogen and oxygen atoms in total. The van der Waals surface area contributed by atoms with Crippen LogP contribution in [0.2, 0.25) is 0 Å². The zero-order valence-corrected chi connectivity index (χ0v) is 13.4. The van der Waals surface area contributed by atoms with Gasteiger partial charge in [-0.3, -0.25) is 9.69 Å². The van der Waals surface area contributed by atoms with Crippen molar-refractivity contribution in [2.75, 3.05) is 18.9 Å². The van der Waals surface area contributed by atoms with Crippen LogP contribution in [0.15, 0.2) is 17.1 Å². The van der Waals surface area contributed by atoms with E-state index in [-0.39, 0.29) is 11.9 Å². The lowest BCUT2D eigenvalue weighted by Crippen LogP contribution is -2.40. The van der Waals surface area contributed by atoms with Gasteiger partial charge in [-0.2, -0.15) is 0 Å². The van der Waals surface area contributed by atoms with Gasteiger partial charge in [0, 0.05) is 23.0 Å². The Bertz CT molecular complexity index is 552. The number of carbonyl (C=O) groups is 1. The third-order valence-corrected chi connectivity index (χ3v) is 4.92. The average Bonchev–Trinajstić information content (AvgIpc) is 3.07. The molecule has 0 bridgehead atoms. The standard InChI is InChI=1S/C13H18N4OS2/c1-9-11(20-8-15-9)4-6-17(3)10(2)12(18)16-13-14-5-7-19-13/h5,7-8,10H,4,6H2,1-3H3,(H,14,16,18). The first kappa shape index (κ1) is 15.1. The molecule has 2 heterocycles. The quantitative estimate of drug-likeness (QED) is 0.890. The van der Waals surface area contributed by atoms with Crippen molar-refractivity contribution in [3.8, 4) is 0 Å². The molecule has 7 heteroatoms. The summed E-state index contributed by atoms with van der Waals surface area (Å²) in [6.45, 7) is 4.75. The summed E-state index contributed by atoms with van der Waals surface area (Å²) in [6, 6.07) is -0.188. The van der Waals surface area contributed by atoms with Gasteiger partial charge in [0.1, 0.15) is 0 Å². The highest BCUT2D eigenvalue weighted by atomic mass is 32.1. The lowest BCUT2D eigenvalue weighted by molar-refractivity contribution is -0.120. The molecule has 0 aromatic carbocycles. The highest BCUT2D eigenvalue weighted by Gasteiger charge is 2.19. The van der Waals surface area contributed by atoms with Gasteiger partial charge < -0.3 is 5.32 Å². The zero-order chi connectivity index (χ0) is 14.5. The van der Waals surface area contributed by atoms with E-state index in [1.807, 2.05) is 36.7 Å². The van der Waals surface area contributed by atoms with E-state index in [0.717, 1.165) is 18.7 Å². The molecule has 0 saturated carbocycles. The summed E-state index contributed by atoms with van der Waals surface area (Å²) < 4.78 is 0.